The summed E-state index contributed by atoms with van der Waals surface area (Å²) in [5.74, 6) is -0.533. The second-order valence-electron chi connectivity index (χ2n) is 3.99. The number of carbonyl (C=O) groups excluding carboxylic acids is 2. The number of esters is 1. The zero-order chi connectivity index (χ0) is 12.3. The molecule has 0 radical (unpaired) electrons. The van der Waals surface area contributed by atoms with Gasteiger partial charge in [0.25, 0.3) is 0 Å². The number of ether oxygens (including phenoxy) is 1. The van der Waals surface area contributed by atoms with Crippen molar-refractivity contribution in [3.8, 4) is 0 Å². The Balaban J connectivity index is 1.88. The number of carbonyl (C=O) groups is 2. The molecule has 2 rings (SSSR count). The summed E-state index contributed by atoms with van der Waals surface area (Å²) in [6.07, 6.45) is 0.788. The Morgan fingerprint density at radius 1 is 1.41 bits per heavy atom. The molecular formula is C12H14N2O3. The minimum atomic E-state index is -0.490. The van der Waals surface area contributed by atoms with Gasteiger partial charge in [0.15, 0.2) is 0 Å². The monoisotopic (exact) mass is 234 g/mol. The number of cyclic esters (lactones) is 1. The molecule has 90 valence electrons. The number of benzene rings is 1. The molecule has 0 aromatic heterocycles. The van der Waals surface area contributed by atoms with E-state index in [1.807, 2.05) is 0 Å². The van der Waals surface area contributed by atoms with Gasteiger partial charge in [-0.1, -0.05) is 12.1 Å². The molecule has 3 N–H and O–H groups in total. The van der Waals surface area contributed by atoms with Crippen LogP contribution in [0.1, 0.15) is 12.0 Å². The normalized spacial score (nSPS) is 18.8. The number of nitrogens with one attached hydrogen (secondary N) is 1. The molecule has 1 heterocycles. The summed E-state index contributed by atoms with van der Waals surface area (Å²) in [4.78, 5) is 22.8. The van der Waals surface area contributed by atoms with E-state index in [9.17, 15) is 9.59 Å². The Kier molecular flexibility index (Phi) is 3.27. The van der Waals surface area contributed by atoms with Crippen LogP contribution in [0.3, 0.4) is 0 Å². The van der Waals surface area contributed by atoms with Gasteiger partial charge in [-0.3, -0.25) is 4.79 Å². The molecule has 1 unspecified atom stereocenters. The third kappa shape index (κ3) is 2.96. The zero-order valence-corrected chi connectivity index (χ0v) is 9.31. The third-order valence-electron chi connectivity index (χ3n) is 2.61. The van der Waals surface area contributed by atoms with Crippen molar-refractivity contribution >= 4 is 17.6 Å². The smallest absolute Gasteiger partial charge is 0.328 e. The van der Waals surface area contributed by atoms with Crippen molar-refractivity contribution in [1.29, 1.82) is 0 Å². The predicted molar refractivity (Wildman–Crippen MR) is 62.1 cm³/mol. The Morgan fingerprint density at radius 2 is 2.12 bits per heavy atom. The number of amides is 1. The largest absolute Gasteiger partial charge is 0.464 e. The Hall–Kier alpha value is -2.04. The van der Waals surface area contributed by atoms with E-state index in [0.717, 1.165) is 5.56 Å². The lowest BCUT2D eigenvalue weighted by Gasteiger charge is -2.08. The molecular weight excluding hydrogens is 220 g/mol. The van der Waals surface area contributed by atoms with Crippen molar-refractivity contribution in [3.05, 3.63) is 29.8 Å². The van der Waals surface area contributed by atoms with Gasteiger partial charge in [0.1, 0.15) is 6.04 Å². The maximum Gasteiger partial charge on any atom is 0.328 e. The first-order valence-electron chi connectivity index (χ1n) is 5.45. The second-order valence-corrected chi connectivity index (χ2v) is 3.99. The van der Waals surface area contributed by atoms with Gasteiger partial charge in [-0.15, -0.1) is 0 Å². The fourth-order valence-corrected chi connectivity index (χ4v) is 1.69. The number of hydrogen-bond donors (Lipinski definition) is 2. The van der Waals surface area contributed by atoms with E-state index in [1.165, 1.54) is 0 Å². The molecule has 1 amide bonds. The summed E-state index contributed by atoms with van der Waals surface area (Å²) < 4.78 is 4.76. The molecule has 1 aromatic rings. The summed E-state index contributed by atoms with van der Waals surface area (Å²) in [6, 6.07) is 6.58. The highest BCUT2D eigenvalue weighted by Crippen LogP contribution is 2.08. The third-order valence-corrected chi connectivity index (χ3v) is 2.61. The van der Waals surface area contributed by atoms with Gasteiger partial charge in [-0.05, 0) is 17.7 Å². The Morgan fingerprint density at radius 3 is 2.71 bits per heavy atom. The lowest BCUT2D eigenvalue weighted by atomic mass is 10.1. The van der Waals surface area contributed by atoms with E-state index in [-0.39, 0.29) is 18.3 Å². The van der Waals surface area contributed by atoms with Crippen LogP contribution in [0.5, 0.6) is 0 Å². The molecule has 0 aliphatic carbocycles. The lowest BCUT2D eigenvalue weighted by Crippen LogP contribution is -2.38. The van der Waals surface area contributed by atoms with Crippen LogP contribution in [0.25, 0.3) is 0 Å². The first-order chi connectivity index (χ1) is 8.15. The molecule has 1 aliphatic rings. The number of anilines is 1. The van der Waals surface area contributed by atoms with Crippen molar-refractivity contribution in [3.63, 3.8) is 0 Å². The fourth-order valence-electron chi connectivity index (χ4n) is 1.69. The number of hydrogen-bond acceptors (Lipinski definition) is 4. The summed E-state index contributed by atoms with van der Waals surface area (Å²) in [5, 5.41) is 2.65. The highest BCUT2D eigenvalue weighted by atomic mass is 16.5. The molecule has 0 bridgehead atoms. The lowest BCUT2D eigenvalue weighted by molar-refractivity contribution is -0.141. The van der Waals surface area contributed by atoms with Crippen molar-refractivity contribution in [2.45, 2.75) is 18.9 Å². The van der Waals surface area contributed by atoms with Crippen LogP contribution in [0.2, 0.25) is 0 Å². The molecule has 17 heavy (non-hydrogen) atoms. The van der Waals surface area contributed by atoms with Gasteiger partial charge in [-0.2, -0.15) is 0 Å². The molecule has 1 aliphatic heterocycles. The van der Waals surface area contributed by atoms with Gasteiger partial charge in [0, 0.05) is 12.1 Å². The standard InChI is InChI=1S/C12H14N2O3/c13-9-3-1-8(2-4-9)7-11(15)14-10-5-6-17-12(10)16/h1-4,10H,5-7,13H2,(H,14,15). The van der Waals surface area contributed by atoms with E-state index < -0.39 is 6.04 Å². The highest BCUT2D eigenvalue weighted by Gasteiger charge is 2.27. The van der Waals surface area contributed by atoms with E-state index in [0.29, 0.717) is 18.7 Å². The fraction of sp³-hybridized carbons (Fsp3) is 0.333. The van der Waals surface area contributed by atoms with Gasteiger partial charge < -0.3 is 15.8 Å². The molecule has 5 heteroatoms. The van der Waals surface area contributed by atoms with E-state index >= 15 is 0 Å². The van der Waals surface area contributed by atoms with Gasteiger partial charge >= 0.3 is 5.97 Å². The van der Waals surface area contributed by atoms with Gasteiger partial charge in [0.05, 0.1) is 13.0 Å². The zero-order valence-electron chi connectivity index (χ0n) is 9.31. The molecule has 0 saturated carbocycles. The molecule has 1 atom stereocenters. The number of rotatable bonds is 3. The average molecular weight is 234 g/mol. The summed E-state index contributed by atoms with van der Waals surface area (Å²) in [7, 11) is 0. The number of nitrogens with two attached hydrogens (primary N) is 1. The van der Waals surface area contributed by atoms with Crippen LogP contribution in [0.15, 0.2) is 24.3 Å². The van der Waals surface area contributed by atoms with E-state index in [2.05, 4.69) is 5.32 Å². The highest BCUT2D eigenvalue weighted by molar-refractivity contribution is 5.86. The van der Waals surface area contributed by atoms with Crippen LogP contribution in [0.4, 0.5) is 5.69 Å². The summed E-state index contributed by atoms with van der Waals surface area (Å²) >= 11 is 0. The van der Waals surface area contributed by atoms with Crippen LogP contribution in [0, 0.1) is 0 Å². The maximum atomic E-state index is 11.6. The molecule has 0 spiro atoms. The Labute approximate surface area is 98.9 Å². The molecule has 1 aromatic carbocycles. The molecule has 1 fully saturated rings. The average Bonchev–Trinajstić information content (AvgIpc) is 2.68. The first kappa shape index (κ1) is 11.4. The second kappa shape index (κ2) is 4.86. The maximum absolute atomic E-state index is 11.6. The Bertz CT molecular complexity index is 428. The van der Waals surface area contributed by atoms with E-state index in [1.54, 1.807) is 24.3 Å². The first-order valence-corrected chi connectivity index (χ1v) is 5.45. The minimum Gasteiger partial charge on any atom is -0.464 e. The quantitative estimate of drug-likeness (QED) is 0.580. The predicted octanol–water partition coefficient (Wildman–Crippen LogP) is 0.243. The van der Waals surface area contributed by atoms with Crippen LogP contribution >= 0.6 is 0 Å². The summed E-state index contributed by atoms with van der Waals surface area (Å²) in [5.41, 5.74) is 7.07. The summed E-state index contributed by atoms with van der Waals surface area (Å²) in [6.45, 7) is 0.381. The molecule has 5 nitrogen and oxygen atoms in total. The van der Waals surface area contributed by atoms with Crippen LogP contribution < -0.4 is 11.1 Å². The van der Waals surface area contributed by atoms with E-state index in [4.69, 9.17) is 10.5 Å². The van der Waals surface area contributed by atoms with Crippen LogP contribution in [-0.4, -0.2) is 24.5 Å². The van der Waals surface area contributed by atoms with Gasteiger partial charge in [-0.25, -0.2) is 4.79 Å². The van der Waals surface area contributed by atoms with Crippen molar-refractivity contribution < 1.29 is 14.3 Å². The molecule has 1 saturated heterocycles. The van der Waals surface area contributed by atoms with Crippen molar-refractivity contribution in [1.82, 2.24) is 5.32 Å². The number of nitrogen functional groups attached to an aromatic ring is 1. The SMILES string of the molecule is Nc1ccc(CC(=O)NC2CCOC2=O)cc1. The minimum absolute atomic E-state index is 0.182. The van der Waals surface area contributed by atoms with Gasteiger partial charge in [0.2, 0.25) is 5.91 Å². The van der Waals surface area contributed by atoms with Crippen molar-refractivity contribution in [2.75, 3.05) is 12.3 Å². The van der Waals surface area contributed by atoms with Crippen LogP contribution in [-0.2, 0) is 20.7 Å². The van der Waals surface area contributed by atoms with Crippen molar-refractivity contribution in [2.24, 2.45) is 0 Å². The topological polar surface area (TPSA) is 81.4 Å².